The summed E-state index contributed by atoms with van der Waals surface area (Å²) < 4.78 is 0. The van der Waals surface area contributed by atoms with E-state index in [0.29, 0.717) is 18.7 Å². The predicted molar refractivity (Wildman–Crippen MR) is 115 cm³/mol. The Morgan fingerprint density at radius 3 is 1.93 bits per heavy atom. The number of thiophene rings is 1. The molecule has 0 aliphatic carbocycles. The highest BCUT2D eigenvalue weighted by atomic mass is 32.1. The second-order valence-corrected chi connectivity index (χ2v) is 7.89. The topological polar surface area (TPSA) is 98.2 Å². The van der Waals surface area contributed by atoms with Crippen LogP contribution in [0.25, 0.3) is 0 Å². The van der Waals surface area contributed by atoms with Crippen molar-refractivity contribution in [3.63, 3.8) is 0 Å². The van der Waals surface area contributed by atoms with Gasteiger partial charge in [0.05, 0.1) is 5.56 Å². The molecule has 156 valence electrons. The number of nitrogens with zero attached hydrogens (tertiary/aromatic N) is 2. The van der Waals surface area contributed by atoms with Crippen molar-refractivity contribution in [1.82, 2.24) is 4.90 Å². The van der Waals surface area contributed by atoms with Gasteiger partial charge in [0.25, 0.3) is 5.91 Å². The fourth-order valence-corrected chi connectivity index (χ4v) is 3.30. The molecule has 2 rings (SSSR count). The van der Waals surface area contributed by atoms with Crippen molar-refractivity contribution < 1.29 is 24.6 Å². The highest BCUT2D eigenvalue weighted by Gasteiger charge is 2.20. The molecule has 0 bridgehead atoms. The fraction of sp³-hybridized carbons (Fsp3) is 0.286. The summed E-state index contributed by atoms with van der Waals surface area (Å²) in [5.41, 5.74) is 1.77. The molecule has 29 heavy (non-hydrogen) atoms. The normalized spacial score (nSPS) is 10.5. The van der Waals surface area contributed by atoms with E-state index in [1.165, 1.54) is 4.88 Å². The lowest BCUT2D eigenvalue weighted by atomic mass is 10.2. The SMILES string of the molecule is Cc1cc(C(=O)N(CCN(C)C)c2ccccc2)c(C)s1.O=C(O)C=CC(=O)O. The lowest BCUT2D eigenvalue weighted by Gasteiger charge is -2.24. The maximum atomic E-state index is 12.9. The predicted octanol–water partition coefficient (Wildman–Crippen LogP) is 3.29. The van der Waals surface area contributed by atoms with Crippen LogP contribution in [0.4, 0.5) is 5.69 Å². The van der Waals surface area contributed by atoms with Gasteiger partial charge in [-0.05, 0) is 46.1 Å². The lowest BCUT2D eigenvalue weighted by Crippen LogP contribution is -2.36. The number of para-hydroxylation sites is 1. The Morgan fingerprint density at radius 2 is 1.52 bits per heavy atom. The van der Waals surface area contributed by atoms with Gasteiger partial charge in [-0.1, -0.05) is 18.2 Å². The summed E-state index contributed by atoms with van der Waals surface area (Å²) in [5.74, 6) is -2.43. The fourth-order valence-electron chi connectivity index (χ4n) is 2.39. The molecular weight excluding hydrogens is 392 g/mol. The van der Waals surface area contributed by atoms with Gasteiger partial charge in [-0.2, -0.15) is 0 Å². The first-order valence-corrected chi connectivity index (χ1v) is 9.66. The largest absolute Gasteiger partial charge is 0.478 e. The van der Waals surface area contributed by atoms with E-state index in [9.17, 15) is 14.4 Å². The molecule has 0 saturated carbocycles. The molecule has 2 aromatic rings. The minimum absolute atomic E-state index is 0.0879. The molecule has 0 fully saturated rings. The number of carbonyl (C=O) groups excluding carboxylic acids is 1. The van der Waals surface area contributed by atoms with Crippen LogP contribution in [0.15, 0.2) is 48.6 Å². The van der Waals surface area contributed by atoms with Crippen molar-refractivity contribution in [2.45, 2.75) is 13.8 Å². The zero-order valence-corrected chi connectivity index (χ0v) is 17.8. The van der Waals surface area contributed by atoms with Crippen LogP contribution in [0, 0.1) is 13.8 Å². The summed E-state index contributed by atoms with van der Waals surface area (Å²) in [5, 5.41) is 15.6. The summed E-state index contributed by atoms with van der Waals surface area (Å²) in [4.78, 5) is 38.2. The molecule has 1 aromatic heterocycles. The minimum atomic E-state index is -1.26. The first-order chi connectivity index (χ1) is 13.6. The number of carbonyl (C=O) groups is 3. The Bertz CT molecular complexity index is 843. The van der Waals surface area contributed by atoms with Crippen LogP contribution in [-0.2, 0) is 9.59 Å². The Labute approximate surface area is 174 Å². The van der Waals surface area contributed by atoms with E-state index in [-0.39, 0.29) is 5.91 Å². The number of anilines is 1. The van der Waals surface area contributed by atoms with Crippen LogP contribution in [0.1, 0.15) is 20.1 Å². The average Bonchev–Trinajstić information content (AvgIpc) is 2.99. The Kier molecular flexibility index (Phi) is 9.78. The quantitative estimate of drug-likeness (QED) is 0.670. The molecule has 0 spiro atoms. The number of rotatable bonds is 7. The third kappa shape index (κ3) is 8.71. The number of amides is 1. The summed E-state index contributed by atoms with van der Waals surface area (Å²) in [6, 6.07) is 11.9. The molecule has 1 amide bonds. The summed E-state index contributed by atoms with van der Waals surface area (Å²) in [7, 11) is 4.04. The van der Waals surface area contributed by atoms with Crippen LogP contribution in [0.5, 0.6) is 0 Å². The number of likely N-dealkylation sites (N-methyl/N-ethyl adjacent to an activating group) is 1. The number of aliphatic carboxylic acids is 2. The van der Waals surface area contributed by atoms with Crippen LogP contribution >= 0.6 is 11.3 Å². The molecule has 2 N–H and O–H groups in total. The standard InChI is InChI=1S/C17H22N2OS.C4H4O4/c1-13-12-16(14(2)21-13)17(20)19(11-10-18(3)4)15-8-6-5-7-9-15;5-3(6)1-2-4(7)8/h5-9,12H,10-11H2,1-4H3;1-2H,(H,5,6)(H,7,8). The van der Waals surface area contributed by atoms with Crippen molar-refractivity contribution in [3.8, 4) is 0 Å². The maximum Gasteiger partial charge on any atom is 0.328 e. The zero-order valence-electron chi connectivity index (χ0n) is 17.0. The number of aryl methyl sites for hydroxylation is 2. The molecule has 1 aromatic carbocycles. The average molecular weight is 419 g/mol. The van der Waals surface area contributed by atoms with Gasteiger partial charge in [0, 0.05) is 40.7 Å². The van der Waals surface area contributed by atoms with Gasteiger partial charge in [-0.15, -0.1) is 11.3 Å². The van der Waals surface area contributed by atoms with Crippen LogP contribution in [0.2, 0.25) is 0 Å². The lowest BCUT2D eigenvalue weighted by molar-refractivity contribution is -0.134. The van der Waals surface area contributed by atoms with Crippen molar-refractivity contribution in [1.29, 1.82) is 0 Å². The van der Waals surface area contributed by atoms with E-state index in [4.69, 9.17) is 10.2 Å². The molecule has 0 atom stereocenters. The number of benzene rings is 1. The molecule has 0 unspecified atom stereocenters. The molecule has 7 nitrogen and oxygen atoms in total. The molecule has 0 radical (unpaired) electrons. The Balaban J connectivity index is 0.000000447. The maximum absolute atomic E-state index is 12.9. The number of carboxylic acids is 2. The van der Waals surface area contributed by atoms with E-state index in [1.807, 2.05) is 69.2 Å². The Morgan fingerprint density at radius 1 is 0.966 bits per heavy atom. The van der Waals surface area contributed by atoms with Gasteiger partial charge in [0.15, 0.2) is 0 Å². The summed E-state index contributed by atoms with van der Waals surface area (Å²) >= 11 is 1.68. The van der Waals surface area contributed by atoms with Crippen LogP contribution < -0.4 is 4.90 Å². The van der Waals surface area contributed by atoms with Crippen molar-refractivity contribution in [3.05, 3.63) is 63.9 Å². The van der Waals surface area contributed by atoms with Crippen molar-refractivity contribution in [2.24, 2.45) is 0 Å². The van der Waals surface area contributed by atoms with E-state index in [0.717, 1.165) is 22.7 Å². The third-order valence-electron chi connectivity index (χ3n) is 3.72. The number of hydrogen-bond donors (Lipinski definition) is 2. The van der Waals surface area contributed by atoms with Gasteiger partial charge in [0.1, 0.15) is 0 Å². The molecular formula is C21H26N2O5S. The second kappa shape index (κ2) is 11.8. The second-order valence-electron chi connectivity index (χ2n) is 6.43. The highest BCUT2D eigenvalue weighted by Crippen LogP contribution is 2.24. The first kappa shape index (κ1) is 24.1. The van der Waals surface area contributed by atoms with Gasteiger partial charge in [-0.25, -0.2) is 9.59 Å². The molecule has 0 saturated heterocycles. The van der Waals surface area contributed by atoms with Gasteiger partial charge >= 0.3 is 11.9 Å². The Hall–Kier alpha value is -2.97. The van der Waals surface area contributed by atoms with E-state index in [2.05, 4.69) is 4.90 Å². The minimum Gasteiger partial charge on any atom is -0.478 e. The van der Waals surface area contributed by atoms with Gasteiger partial charge in [-0.3, -0.25) is 4.79 Å². The van der Waals surface area contributed by atoms with E-state index >= 15 is 0 Å². The van der Waals surface area contributed by atoms with Gasteiger partial charge < -0.3 is 20.0 Å². The zero-order chi connectivity index (χ0) is 22.0. The van der Waals surface area contributed by atoms with Crippen LogP contribution in [0.3, 0.4) is 0 Å². The van der Waals surface area contributed by atoms with E-state index < -0.39 is 11.9 Å². The molecule has 8 heteroatoms. The summed E-state index contributed by atoms with van der Waals surface area (Å²) in [6.07, 6.45) is 1.12. The molecule has 1 heterocycles. The van der Waals surface area contributed by atoms with E-state index in [1.54, 1.807) is 11.3 Å². The highest BCUT2D eigenvalue weighted by molar-refractivity contribution is 7.12. The number of carboxylic acid groups (broad SMARTS) is 2. The van der Waals surface area contributed by atoms with Crippen molar-refractivity contribution in [2.75, 3.05) is 32.1 Å². The smallest absolute Gasteiger partial charge is 0.328 e. The molecule has 0 aliphatic heterocycles. The monoisotopic (exact) mass is 418 g/mol. The van der Waals surface area contributed by atoms with Crippen LogP contribution in [-0.4, -0.2) is 60.1 Å². The van der Waals surface area contributed by atoms with Gasteiger partial charge in [0.2, 0.25) is 0 Å². The number of hydrogen-bond acceptors (Lipinski definition) is 5. The van der Waals surface area contributed by atoms with Crippen molar-refractivity contribution >= 4 is 34.9 Å². The third-order valence-corrected chi connectivity index (χ3v) is 4.69. The molecule has 0 aliphatic rings. The summed E-state index contributed by atoms with van der Waals surface area (Å²) in [6.45, 7) is 5.58. The first-order valence-electron chi connectivity index (χ1n) is 8.84.